The minimum absolute atomic E-state index is 0.119. The highest BCUT2D eigenvalue weighted by molar-refractivity contribution is 7.91. The van der Waals surface area contributed by atoms with E-state index in [0.29, 0.717) is 0 Å². The zero-order valence-electron chi connectivity index (χ0n) is 9.74. The van der Waals surface area contributed by atoms with Gasteiger partial charge in [0.15, 0.2) is 0 Å². The van der Waals surface area contributed by atoms with Crippen LogP contribution >= 0.6 is 11.3 Å². The Morgan fingerprint density at radius 3 is 2.42 bits per heavy atom. The van der Waals surface area contributed by atoms with Crippen molar-refractivity contribution in [3.63, 3.8) is 0 Å². The number of thiophene rings is 1. The molecule has 0 unspecified atom stereocenters. The summed E-state index contributed by atoms with van der Waals surface area (Å²) in [7, 11) is -4.17. The maximum atomic E-state index is 13.2. The van der Waals surface area contributed by atoms with Crippen LogP contribution in [0.2, 0.25) is 0 Å². The minimum atomic E-state index is -4.65. The van der Waals surface area contributed by atoms with E-state index >= 15 is 0 Å². The predicted octanol–water partition coefficient (Wildman–Crippen LogP) is 2.14. The largest absolute Gasteiger partial charge is 0.407 e. The van der Waals surface area contributed by atoms with Crippen molar-refractivity contribution >= 4 is 21.4 Å². The molecular weight excluding hydrogens is 303 g/mol. The van der Waals surface area contributed by atoms with E-state index in [2.05, 4.69) is 0 Å². The molecular formula is C10H12F3NO3S2. The number of hydrogen-bond donors (Lipinski definition) is 1. The summed E-state index contributed by atoms with van der Waals surface area (Å²) in [4.78, 5) is 0. The van der Waals surface area contributed by atoms with E-state index in [1.54, 1.807) is 0 Å². The molecule has 1 fully saturated rings. The van der Waals surface area contributed by atoms with Gasteiger partial charge in [-0.3, -0.25) is 0 Å². The average molecular weight is 315 g/mol. The molecule has 1 aliphatic rings. The first-order chi connectivity index (χ1) is 8.77. The van der Waals surface area contributed by atoms with Crippen molar-refractivity contribution in [2.45, 2.75) is 28.8 Å². The fourth-order valence-corrected chi connectivity index (χ4v) is 4.33. The van der Waals surface area contributed by atoms with E-state index in [4.69, 9.17) is 4.74 Å². The Hall–Kier alpha value is -0.640. The molecule has 0 radical (unpaired) electrons. The summed E-state index contributed by atoms with van der Waals surface area (Å²) in [5.41, 5.74) is -2.44. The number of nitrogens with one attached hydrogen (secondary N) is 1. The van der Waals surface area contributed by atoms with Gasteiger partial charge >= 0.3 is 6.18 Å². The number of ether oxygens (including phenoxy) is 1. The highest BCUT2D eigenvalue weighted by Crippen LogP contribution is 2.39. The SMILES string of the molecule is O=S(=O)(NC1(C(F)(F)F)CCOCC1)c1cccs1. The molecule has 0 aliphatic carbocycles. The Kier molecular flexibility index (Phi) is 3.92. The van der Waals surface area contributed by atoms with Gasteiger partial charge in [0, 0.05) is 13.2 Å². The summed E-state index contributed by atoms with van der Waals surface area (Å²) >= 11 is 0.879. The molecule has 0 saturated carbocycles. The van der Waals surface area contributed by atoms with Gasteiger partial charge in [0.1, 0.15) is 9.75 Å². The zero-order valence-corrected chi connectivity index (χ0v) is 11.4. The summed E-state index contributed by atoms with van der Waals surface area (Å²) in [6.07, 6.45) is -5.48. The lowest BCUT2D eigenvalue weighted by Crippen LogP contribution is -2.61. The van der Waals surface area contributed by atoms with Crippen molar-refractivity contribution in [2.75, 3.05) is 13.2 Å². The second kappa shape index (κ2) is 5.04. The molecule has 4 nitrogen and oxygen atoms in total. The summed E-state index contributed by atoms with van der Waals surface area (Å²) in [5.74, 6) is 0. The Balaban J connectivity index is 2.32. The van der Waals surface area contributed by atoms with Gasteiger partial charge in [-0.2, -0.15) is 17.9 Å². The third-order valence-electron chi connectivity index (χ3n) is 2.98. The lowest BCUT2D eigenvalue weighted by molar-refractivity contribution is -0.210. The monoisotopic (exact) mass is 315 g/mol. The fourth-order valence-electron chi connectivity index (χ4n) is 1.89. The molecule has 0 bridgehead atoms. The summed E-state index contributed by atoms with van der Waals surface area (Å²) in [6, 6.07) is 2.75. The highest BCUT2D eigenvalue weighted by Gasteiger charge is 2.57. The molecule has 1 aromatic rings. The Labute approximate surface area is 112 Å². The zero-order chi connectivity index (χ0) is 14.1. The second-order valence-electron chi connectivity index (χ2n) is 4.23. The number of halogens is 3. The van der Waals surface area contributed by atoms with E-state index in [9.17, 15) is 21.6 Å². The molecule has 0 spiro atoms. The van der Waals surface area contributed by atoms with Crippen LogP contribution in [0.1, 0.15) is 12.8 Å². The molecule has 1 aliphatic heterocycles. The van der Waals surface area contributed by atoms with Crippen LogP contribution in [0.25, 0.3) is 0 Å². The first kappa shape index (κ1) is 14.8. The van der Waals surface area contributed by atoms with Gasteiger partial charge < -0.3 is 4.74 Å². The maximum absolute atomic E-state index is 13.2. The molecule has 2 heterocycles. The van der Waals surface area contributed by atoms with Crippen LogP contribution in [0.3, 0.4) is 0 Å². The van der Waals surface area contributed by atoms with Crippen molar-refractivity contribution in [1.29, 1.82) is 0 Å². The van der Waals surface area contributed by atoms with Gasteiger partial charge in [0.05, 0.1) is 0 Å². The third-order valence-corrected chi connectivity index (χ3v) is 5.91. The average Bonchev–Trinajstić information content (AvgIpc) is 2.82. The first-order valence-electron chi connectivity index (χ1n) is 5.49. The van der Waals surface area contributed by atoms with Gasteiger partial charge in [-0.25, -0.2) is 8.42 Å². The minimum Gasteiger partial charge on any atom is -0.381 e. The first-order valence-corrected chi connectivity index (χ1v) is 7.85. The molecule has 0 amide bonds. The lowest BCUT2D eigenvalue weighted by Gasteiger charge is -2.38. The quantitative estimate of drug-likeness (QED) is 0.930. The van der Waals surface area contributed by atoms with Crippen LogP contribution in [0.4, 0.5) is 13.2 Å². The van der Waals surface area contributed by atoms with Gasteiger partial charge in [0.25, 0.3) is 10.0 Å². The molecule has 0 atom stereocenters. The standard InChI is InChI=1S/C10H12F3NO3S2/c11-10(12,13)9(3-5-17-6-4-9)14-19(15,16)8-2-1-7-18-8/h1-2,7,14H,3-6H2. The molecule has 2 rings (SSSR count). The Morgan fingerprint density at radius 2 is 1.95 bits per heavy atom. The van der Waals surface area contributed by atoms with Crippen LogP contribution in [-0.2, 0) is 14.8 Å². The Bertz CT molecular complexity index is 519. The normalized spacial score (nSPS) is 20.4. The third kappa shape index (κ3) is 2.93. The molecule has 1 saturated heterocycles. The molecule has 19 heavy (non-hydrogen) atoms. The van der Waals surface area contributed by atoms with E-state index in [1.807, 2.05) is 4.72 Å². The van der Waals surface area contributed by atoms with Crippen molar-refractivity contribution in [2.24, 2.45) is 0 Å². The van der Waals surface area contributed by atoms with E-state index in [1.165, 1.54) is 17.5 Å². The van der Waals surface area contributed by atoms with Crippen LogP contribution in [-0.4, -0.2) is 33.3 Å². The van der Waals surface area contributed by atoms with Crippen molar-refractivity contribution in [3.8, 4) is 0 Å². The molecule has 9 heteroatoms. The number of rotatable bonds is 3. The van der Waals surface area contributed by atoms with Crippen LogP contribution in [0, 0.1) is 0 Å². The van der Waals surface area contributed by atoms with E-state index < -0.39 is 34.6 Å². The summed E-state index contributed by atoms with van der Waals surface area (Å²) in [5, 5.41) is 1.50. The van der Waals surface area contributed by atoms with Crippen molar-refractivity contribution in [3.05, 3.63) is 17.5 Å². The fraction of sp³-hybridized carbons (Fsp3) is 0.600. The van der Waals surface area contributed by atoms with Gasteiger partial charge in [-0.05, 0) is 24.3 Å². The molecule has 1 aromatic heterocycles. The topological polar surface area (TPSA) is 55.4 Å². The summed E-state index contributed by atoms with van der Waals surface area (Å²) in [6.45, 7) is -0.237. The van der Waals surface area contributed by atoms with Crippen LogP contribution in [0.5, 0.6) is 0 Å². The highest BCUT2D eigenvalue weighted by atomic mass is 32.2. The van der Waals surface area contributed by atoms with Crippen LogP contribution in [0.15, 0.2) is 21.7 Å². The number of hydrogen-bond acceptors (Lipinski definition) is 4. The van der Waals surface area contributed by atoms with Gasteiger partial charge in [-0.15, -0.1) is 11.3 Å². The molecule has 108 valence electrons. The van der Waals surface area contributed by atoms with Crippen LogP contribution < -0.4 is 4.72 Å². The van der Waals surface area contributed by atoms with Gasteiger partial charge in [-0.1, -0.05) is 6.07 Å². The predicted molar refractivity (Wildman–Crippen MR) is 63.5 cm³/mol. The molecule has 1 N–H and O–H groups in total. The number of sulfonamides is 1. The molecule has 0 aromatic carbocycles. The van der Waals surface area contributed by atoms with Gasteiger partial charge in [0.2, 0.25) is 0 Å². The summed E-state index contributed by atoms with van der Waals surface area (Å²) < 4.78 is 70.1. The van der Waals surface area contributed by atoms with E-state index in [-0.39, 0.29) is 17.4 Å². The lowest BCUT2D eigenvalue weighted by atomic mass is 9.91. The van der Waals surface area contributed by atoms with Crippen molar-refractivity contribution in [1.82, 2.24) is 4.72 Å². The van der Waals surface area contributed by atoms with Crippen molar-refractivity contribution < 1.29 is 26.3 Å². The van der Waals surface area contributed by atoms with E-state index in [0.717, 1.165) is 11.3 Å². The smallest absolute Gasteiger partial charge is 0.381 e. The second-order valence-corrected chi connectivity index (χ2v) is 7.09. The Morgan fingerprint density at radius 1 is 1.32 bits per heavy atom. The maximum Gasteiger partial charge on any atom is 0.407 e. The number of alkyl halides is 3.